The molecule has 0 heterocycles. The van der Waals surface area contributed by atoms with Gasteiger partial charge in [0.05, 0.1) is 0 Å². The summed E-state index contributed by atoms with van der Waals surface area (Å²) in [6.45, 7) is 0. The minimum Gasteiger partial charge on any atom is -0.565 e. The number of carbonyl (C=O) groups is 1. The first kappa shape index (κ1) is 17.5. The predicted molar refractivity (Wildman–Crippen MR) is 29.6 cm³/mol. The van der Waals surface area contributed by atoms with Crippen molar-refractivity contribution in [2.75, 3.05) is 0 Å². The molecule has 2 atom stereocenters. The van der Waals surface area contributed by atoms with Gasteiger partial charge < -0.3 is 15.0 Å². The van der Waals surface area contributed by atoms with Crippen LogP contribution < -0.4 is 34.7 Å². The van der Waals surface area contributed by atoms with E-state index in [1.54, 1.807) is 0 Å². The first-order chi connectivity index (χ1) is 4.37. The maximum atomic E-state index is 9.26. The summed E-state index contributed by atoms with van der Waals surface area (Å²) in [5, 5.41) is 15.3. The van der Waals surface area contributed by atoms with Crippen LogP contribution in [0.1, 0.15) is 0 Å². The quantitative estimate of drug-likeness (QED) is 0.226. The summed E-state index contributed by atoms with van der Waals surface area (Å²) in [5.41, 5.74) is 0. The van der Waals surface area contributed by atoms with E-state index in [2.05, 4.69) is 0 Å². The topological polar surface area (TPSA) is 135 Å². The molecule has 0 fully saturated rings. The van der Waals surface area contributed by atoms with Crippen molar-refractivity contribution in [2.24, 2.45) is 0 Å². The van der Waals surface area contributed by atoms with E-state index in [1.807, 2.05) is 0 Å². The van der Waals surface area contributed by atoms with Crippen molar-refractivity contribution in [1.29, 1.82) is 0 Å². The molecule has 0 amide bonds. The fourth-order valence-corrected chi connectivity index (χ4v) is 0. The van der Waals surface area contributed by atoms with Crippen LogP contribution in [0.4, 0.5) is 4.79 Å². The minimum absolute atomic E-state index is 0. The molecule has 0 aliphatic heterocycles. The Hall–Kier alpha value is 0.490. The van der Waals surface area contributed by atoms with Gasteiger partial charge in [0, 0.05) is 0 Å². The molecule has 7 nitrogen and oxygen atoms in total. The third-order valence-electron chi connectivity index (χ3n) is 0.122. The number of hydrogen-bond acceptors (Lipinski definition) is 4. The van der Waals surface area contributed by atoms with Crippen molar-refractivity contribution < 1.29 is 62.1 Å². The van der Waals surface area contributed by atoms with Crippen molar-refractivity contribution >= 4 is 26.4 Å². The average Bonchev–Trinajstić information content (AvgIpc) is 1.63. The third-order valence-corrected chi connectivity index (χ3v) is 1.10. The summed E-state index contributed by atoms with van der Waals surface area (Å²) >= 11 is 0. The molecule has 0 spiro atoms. The molecule has 11 heavy (non-hydrogen) atoms. The molecule has 0 radical (unpaired) electrons. The monoisotopic (exact) mass is 214 g/mol. The Morgan fingerprint density at radius 2 is 1.27 bits per heavy atom. The van der Waals surface area contributed by atoms with Gasteiger partial charge >= 0.3 is 29.6 Å². The van der Waals surface area contributed by atoms with Crippen LogP contribution in [0.2, 0.25) is 0 Å². The van der Waals surface area contributed by atoms with E-state index in [0.717, 1.165) is 0 Å². The summed E-state index contributed by atoms with van der Waals surface area (Å²) < 4.78 is 33.6. The van der Waals surface area contributed by atoms with Crippen LogP contribution in [-0.4, -0.2) is 28.8 Å². The van der Waals surface area contributed by atoms with E-state index in [9.17, 15) is 8.42 Å². The zero-order valence-electron chi connectivity index (χ0n) is 5.29. The van der Waals surface area contributed by atoms with Gasteiger partial charge in [0.2, 0.25) is 6.16 Å². The normalized spacial score (nSPS) is 12.9. The molecule has 0 aliphatic rings. The third kappa shape index (κ3) is 37.5. The summed E-state index contributed by atoms with van der Waals surface area (Å²) in [6, 6.07) is 0. The van der Waals surface area contributed by atoms with Gasteiger partial charge in [-0.2, -0.15) is 0 Å². The number of hydrogen-bond donors (Lipinski definition) is 3. The predicted octanol–water partition coefficient (Wildman–Crippen LogP) is -4.76. The van der Waals surface area contributed by atoms with Gasteiger partial charge in [0.15, 0.2) is 0 Å². The molecule has 0 bridgehead atoms. The Morgan fingerprint density at radius 3 is 1.27 bits per heavy atom. The van der Waals surface area contributed by atoms with E-state index in [0.29, 0.717) is 0 Å². The largest absolute Gasteiger partial charge is 1.00 e. The summed E-state index contributed by atoms with van der Waals surface area (Å²) in [6.07, 6.45) is -2.08. The summed E-state index contributed by atoms with van der Waals surface area (Å²) in [5.74, 6) is 0. The van der Waals surface area contributed by atoms with Crippen molar-refractivity contribution in [1.82, 2.24) is 0 Å². The van der Waals surface area contributed by atoms with Crippen molar-refractivity contribution in [3.05, 3.63) is 0 Å². The SMILES string of the molecule is O=C([O-])O.O=S(O)S(=O)O.[Na+]. The Balaban J connectivity index is -0.000000114. The first-order valence-electron chi connectivity index (χ1n) is 1.50. The van der Waals surface area contributed by atoms with Crippen molar-refractivity contribution in [3.8, 4) is 0 Å². The molecule has 0 saturated heterocycles. The molecule has 2 unspecified atom stereocenters. The maximum absolute atomic E-state index is 9.26. The van der Waals surface area contributed by atoms with Gasteiger partial charge in [0.1, 0.15) is 0 Å². The number of rotatable bonds is 1. The van der Waals surface area contributed by atoms with E-state index < -0.39 is 26.4 Å². The molecular weight excluding hydrogens is 211 g/mol. The van der Waals surface area contributed by atoms with Crippen LogP contribution in [-0.2, 0) is 20.2 Å². The van der Waals surface area contributed by atoms with E-state index >= 15 is 0 Å². The van der Waals surface area contributed by atoms with Crippen LogP contribution in [0.5, 0.6) is 0 Å². The second-order valence-electron chi connectivity index (χ2n) is 0.700. The van der Waals surface area contributed by atoms with Crippen molar-refractivity contribution in [3.63, 3.8) is 0 Å². The average molecular weight is 214 g/mol. The van der Waals surface area contributed by atoms with Crippen LogP contribution in [0.25, 0.3) is 0 Å². The van der Waals surface area contributed by atoms with Gasteiger partial charge in [-0.3, -0.25) is 9.11 Å². The molecule has 0 saturated carbocycles. The van der Waals surface area contributed by atoms with Gasteiger partial charge in [-0.1, -0.05) is 0 Å². The smallest absolute Gasteiger partial charge is 0.565 e. The van der Waals surface area contributed by atoms with Crippen LogP contribution >= 0.6 is 0 Å². The molecule has 62 valence electrons. The van der Waals surface area contributed by atoms with E-state index in [4.69, 9.17) is 24.1 Å². The molecule has 3 N–H and O–H groups in total. The molecule has 0 aromatic heterocycles. The van der Waals surface area contributed by atoms with Gasteiger partial charge in [-0.05, 0) is 0 Å². The fourth-order valence-electron chi connectivity index (χ4n) is 0. The second kappa shape index (κ2) is 10.5. The van der Waals surface area contributed by atoms with E-state index in [1.165, 1.54) is 0 Å². The minimum atomic E-state index is -2.59. The van der Waals surface area contributed by atoms with Crippen molar-refractivity contribution in [2.45, 2.75) is 0 Å². The fraction of sp³-hybridized carbons (Fsp3) is 0. The Bertz CT molecular complexity index is 139. The summed E-state index contributed by atoms with van der Waals surface area (Å²) in [7, 11) is -5.18. The standard InChI is InChI=1S/CH2O3.Na.H2O4S2/c2-1(3)4;;1-5(2)6(3)4/h(H2,2,3,4);;(H,1,2)(H,3,4)/q;+1;/p-1. The molecule has 0 aromatic carbocycles. The Morgan fingerprint density at radius 1 is 1.18 bits per heavy atom. The van der Waals surface area contributed by atoms with Crippen LogP contribution in [0.15, 0.2) is 0 Å². The molecular formula is CH3NaO7S2. The van der Waals surface area contributed by atoms with Gasteiger partial charge in [0.25, 0.3) is 20.2 Å². The zero-order chi connectivity index (χ0) is 8.73. The first-order valence-corrected chi connectivity index (χ1v) is 4.23. The van der Waals surface area contributed by atoms with Gasteiger partial charge in [-0.25, -0.2) is 8.42 Å². The maximum Gasteiger partial charge on any atom is 1.00 e. The molecule has 0 aliphatic carbocycles. The molecule has 10 heteroatoms. The summed E-state index contributed by atoms with van der Waals surface area (Å²) in [4.78, 5) is 8.44. The van der Waals surface area contributed by atoms with Crippen LogP contribution in [0, 0.1) is 0 Å². The second-order valence-corrected chi connectivity index (χ2v) is 3.28. The molecule has 0 rings (SSSR count). The van der Waals surface area contributed by atoms with Crippen LogP contribution in [0.3, 0.4) is 0 Å². The number of carboxylic acid groups (broad SMARTS) is 2. The van der Waals surface area contributed by atoms with Gasteiger partial charge in [-0.15, -0.1) is 0 Å². The van der Waals surface area contributed by atoms with E-state index in [-0.39, 0.29) is 29.6 Å². The zero-order valence-corrected chi connectivity index (χ0v) is 8.92. The Labute approximate surface area is 88.1 Å². The molecule has 0 aromatic rings. The Kier molecular flexibility index (Phi) is 16.7.